The van der Waals surface area contributed by atoms with Crippen molar-refractivity contribution in [3.63, 3.8) is 0 Å². The van der Waals surface area contributed by atoms with Gasteiger partial charge in [-0.2, -0.15) is 0 Å². The van der Waals surface area contributed by atoms with Gasteiger partial charge in [-0.3, -0.25) is 24.7 Å². The van der Waals surface area contributed by atoms with Crippen LogP contribution in [0.1, 0.15) is 45.9 Å². The van der Waals surface area contributed by atoms with Gasteiger partial charge in [0.05, 0.1) is 0 Å². The molecule has 3 heterocycles. The van der Waals surface area contributed by atoms with Crippen molar-refractivity contribution < 1.29 is 19.2 Å². The lowest BCUT2D eigenvalue weighted by Crippen LogP contribution is -2.52. The quantitative estimate of drug-likeness (QED) is 0.626. The van der Waals surface area contributed by atoms with E-state index in [4.69, 9.17) is 0 Å². The third kappa shape index (κ3) is 3.84. The molecule has 3 N–H and O–H groups in total. The van der Waals surface area contributed by atoms with Crippen molar-refractivity contribution in [2.24, 2.45) is 4.99 Å². The number of urea groups is 1. The van der Waals surface area contributed by atoms with E-state index in [-0.39, 0.29) is 43.4 Å². The number of nitrogens with one attached hydrogen (secondary N) is 3. The van der Waals surface area contributed by atoms with Crippen LogP contribution in [0.25, 0.3) is 0 Å². The van der Waals surface area contributed by atoms with Crippen LogP contribution in [0, 0.1) is 0 Å². The minimum atomic E-state index is -0.667. The molecule has 0 spiro atoms. The van der Waals surface area contributed by atoms with Crippen LogP contribution in [0.3, 0.4) is 0 Å². The first-order valence-electron chi connectivity index (χ1n) is 10.4. The standard InChI is InChI=1S/C23H21N5O4/c29-20-8-7-19(21(30)27-20)28-12-17-14(4-2-6-16(17)22(28)31)10-25-23(32)26-15-5-1-3-13(9-15)18-11-24-18/h1-6,9,11,18-19H,7-8,10,12H2,(H2,25,26,32)(H,27,29,30). The van der Waals surface area contributed by atoms with Gasteiger partial charge in [0.2, 0.25) is 11.8 Å². The molecule has 5 rings (SSSR count). The van der Waals surface area contributed by atoms with E-state index in [1.54, 1.807) is 12.1 Å². The largest absolute Gasteiger partial charge is 0.334 e. The van der Waals surface area contributed by atoms with Crippen molar-refractivity contribution in [2.75, 3.05) is 5.32 Å². The van der Waals surface area contributed by atoms with Crippen molar-refractivity contribution in [1.82, 2.24) is 15.5 Å². The van der Waals surface area contributed by atoms with Crippen LogP contribution in [0.4, 0.5) is 10.5 Å². The second-order valence-corrected chi connectivity index (χ2v) is 8.02. The van der Waals surface area contributed by atoms with Gasteiger partial charge in [0.15, 0.2) is 0 Å². The van der Waals surface area contributed by atoms with Crippen LogP contribution in [0.5, 0.6) is 0 Å². The highest BCUT2D eigenvalue weighted by Crippen LogP contribution is 2.30. The number of anilines is 1. The molecule has 0 aromatic heterocycles. The second-order valence-electron chi connectivity index (χ2n) is 8.02. The van der Waals surface area contributed by atoms with E-state index in [0.29, 0.717) is 17.7 Å². The van der Waals surface area contributed by atoms with Crippen molar-refractivity contribution in [3.05, 3.63) is 64.7 Å². The Bertz CT molecular complexity index is 1170. The van der Waals surface area contributed by atoms with Crippen molar-refractivity contribution in [1.29, 1.82) is 0 Å². The molecule has 9 nitrogen and oxygen atoms in total. The minimum Gasteiger partial charge on any atom is -0.334 e. The molecule has 2 aromatic rings. The summed E-state index contributed by atoms with van der Waals surface area (Å²) in [5.74, 6) is -0.998. The van der Waals surface area contributed by atoms with Crippen LogP contribution >= 0.6 is 0 Å². The number of carbonyl (C=O) groups is 4. The summed E-state index contributed by atoms with van der Waals surface area (Å²) >= 11 is 0. The molecule has 0 aliphatic carbocycles. The molecular weight excluding hydrogens is 410 g/mol. The minimum absolute atomic E-state index is 0.108. The van der Waals surface area contributed by atoms with Gasteiger partial charge in [-0.1, -0.05) is 24.3 Å². The zero-order chi connectivity index (χ0) is 22.2. The summed E-state index contributed by atoms with van der Waals surface area (Å²) in [6, 6.07) is 11.9. The second kappa shape index (κ2) is 7.92. The normalized spacial score (nSPS) is 21.2. The maximum absolute atomic E-state index is 12.9. The fourth-order valence-electron chi connectivity index (χ4n) is 4.18. The van der Waals surface area contributed by atoms with Crippen molar-refractivity contribution >= 4 is 35.7 Å². The monoisotopic (exact) mass is 431 g/mol. The Labute approximate surface area is 183 Å². The Morgan fingerprint density at radius 2 is 1.97 bits per heavy atom. The van der Waals surface area contributed by atoms with Gasteiger partial charge in [0.1, 0.15) is 12.1 Å². The zero-order valence-electron chi connectivity index (χ0n) is 17.1. The molecule has 162 valence electrons. The Morgan fingerprint density at radius 3 is 2.75 bits per heavy atom. The summed E-state index contributed by atoms with van der Waals surface area (Å²) in [6.07, 6.45) is 2.36. The summed E-state index contributed by atoms with van der Waals surface area (Å²) in [5.41, 5.74) is 3.81. The molecule has 32 heavy (non-hydrogen) atoms. The van der Waals surface area contributed by atoms with Gasteiger partial charge in [-0.25, -0.2) is 4.79 Å². The summed E-state index contributed by atoms with van der Waals surface area (Å²) in [4.78, 5) is 54.6. The van der Waals surface area contributed by atoms with Crippen LogP contribution < -0.4 is 16.0 Å². The fourth-order valence-corrected chi connectivity index (χ4v) is 4.18. The lowest BCUT2D eigenvalue weighted by Gasteiger charge is -2.29. The van der Waals surface area contributed by atoms with Crippen LogP contribution in [0.15, 0.2) is 47.5 Å². The summed E-state index contributed by atoms with van der Waals surface area (Å²) < 4.78 is 0. The van der Waals surface area contributed by atoms with E-state index in [1.165, 1.54) is 4.90 Å². The van der Waals surface area contributed by atoms with Gasteiger partial charge in [-0.15, -0.1) is 0 Å². The summed E-state index contributed by atoms with van der Waals surface area (Å²) in [7, 11) is 0. The van der Waals surface area contributed by atoms with E-state index in [9.17, 15) is 19.2 Å². The number of imide groups is 1. The molecule has 3 aliphatic heterocycles. The Balaban J connectivity index is 1.24. The van der Waals surface area contributed by atoms with Gasteiger partial charge in [-0.05, 0) is 41.3 Å². The lowest BCUT2D eigenvalue weighted by atomic mass is 10.0. The highest BCUT2D eigenvalue weighted by molar-refractivity contribution is 6.05. The lowest BCUT2D eigenvalue weighted by molar-refractivity contribution is -0.136. The first kappa shape index (κ1) is 19.9. The molecule has 0 saturated carbocycles. The van der Waals surface area contributed by atoms with Crippen LogP contribution in [-0.2, 0) is 22.7 Å². The van der Waals surface area contributed by atoms with Crippen molar-refractivity contribution in [2.45, 2.75) is 38.0 Å². The summed E-state index contributed by atoms with van der Waals surface area (Å²) in [5, 5.41) is 7.95. The predicted molar refractivity (Wildman–Crippen MR) is 116 cm³/mol. The Hall–Kier alpha value is -4.01. The molecule has 9 heteroatoms. The van der Waals surface area contributed by atoms with Crippen LogP contribution in [0.2, 0.25) is 0 Å². The van der Waals surface area contributed by atoms with E-state index in [0.717, 1.165) is 16.7 Å². The van der Waals surface area contributed by atoms with E-state index in [2.05, 4.69) is 20.9 Å². The molecule has 0 radical (unpaired) electrons. The number of carbonyl (C=O) groups excluding carboxylic acids is 4. The molecule has 5 amide bonds. The molecule has 2 unspecified atom stereocenters. The number of piperidine rings is 1. The Morgan fingerprint density at radius 1 is 1.16 bits per heavy atom. The van der Waals surface area contributed by atoms with Crippen LogP contribution in [-0.4, -0.2) is 40.9 Å². The van der Waals surface area contributed by atoms with E-state index >= 15 is 0 Å². The zero-order valence-corrected chi connectivity index (χ0v) is 17.1. The van der Waals surface area contributed by atoms with Gasteiger partial charge in [0, 0.05) is 37.0 Å². The Kier molecular flexibility index (Phi) is 4.93. The molecule has 1 saturated heterocycles. The topological polar surface area (TPSA) is 120 Å². The van der Waals surface area contributed by atoms with Gasteiger partial charge in [0.25, 0.3) is 5.91 Å². The van der Waals surface area contributed by atoms with Gasteiger partial charge >= 0.3 is 6.03 Å². The number of rotatable bonds is 5. The van der Waals surface area contributed by atoms with E-state index in [1.807, 2.05) is 36.5 Å². The molecule has 0 bridgehead atoms. The van der Waals surface area contributed by atoms with Gasteiger partial charge < -0.3 is 15.5 Å². The SMILES string of the molecule is O=C1CCC(N2Cc3c(CNC(=O)Nc4cccc(C5C=N5)c4)cccc3C2=O)C(=O)N1. The average molecular weight is 431 g/mol. The predicted octanol–water partition coefficient (Wildman–Crippen LogP) is 1.89. The number of hydrogen-bond acceptors (Lipinski definition) is 5. The smallest absolute Gasteiger partial charge is 0.319 e. The third-order valence-corrected chi connectivity index (χ3v) is 5.90. The summed E-state index contributed by atoms with van der Waals surface area (Å²) in [6.45, 7) is 0.500. The molecule has 2 aromatic carbocycles. The first-order valence-corrected chi connectivity index (χ1v) is 10.4. The third-order valence-electron chi connectivity index (χ3n) is 5.90. The van der Waals surface area contributed by atoms with Crippen molar-refractivity contribution in [3.8, 4) is 0 Å². The highest BCUT2D eigenvalue weighted by atomic mass is 16.2. The first-order chi connectivity index (χ1) is 15.5. The molecular formula is C23H21N5O4. The fraction of sp³-hybridized carbons (Fsp3) is 0.261. The van der Waals surface area contributed by atoms with E-state index < -0.39 is 11.9 Å². The number of fused-ring (bicyclic) bond motifs is 1. The number of nitrogens with zero attached hydrogens (tertiary/aromatic N) is 2. The molecule has 3 aliphatic rings. The maximum Gasteiger partial charge on any atom is 0.319 e. The number of aliphatic imine (C=N–C) groups is 1. The highest BCUT2D eigenvalue weighted by Gasteiger charge is 2.39. The average Bonchev–Trinajstić information content (AvgIpc) is 3.57. The number of amides is 5. The molecule has 1 fully saturated rings. The number of benzene rings is 2. The molecule has 2 atom stereocenters. The maximum atomic E-state index is 12.9. The number of hydrogen-bond donors (Lipinski definition) is 3.